The summed E-state index contributed by atoms with van der Waals surface area (Å²) < 4.78 is 5.57. The lowest BCUT2D eigenvalue weighted by Gasteiger charge is -2.00. The molecule has 2 heterocycles. The largest absolute Gasteiger partial charge is 0.477 e. The van der Waals surface area contributed by atoms with Crippen LogP contribution < -0.4 is 0 Å². The Kier molecular flexibility index (Phi) is 5.28. The molecule has 0 spiro atoms. The Balaban J connectivity index is 1.93. The summed E-state index contributed by atoms with van der Waals surface area (Å²) in [4.78, 5) is 26.1. The van der Waals surface area contributed by atoms with E-state index in [1.165, 1.54) is 36.4 Å². The van der Waals surface area contributed by atoms with Gasteiger partial charge >= 0.3 is 5.97 Å². The first kappa shape index (κ1) is 18.7. The number of H-pyrrole nitrogens is 1. The molecule has 3 aromatic rings. The fourth-order valence-electron chi connectivity index (χ4n) is 2.17. The van der Waals surface area contributed by atoms with Gasteiger partial charge in [0.15, 0.2) is 0 Å². The lowest BCUT2D eigenvalue weighted by molar-refractivity contribution is -0.384. The van der Waals surface area contributed by atoms with Crippen molar-refractivity contribution < 1.29 is 19.2 Å². The van der Waals surface area contributed by atoms with Gasteiger partial charge in [-0.05, 0) is 43.0 Å². The van der Waals surface area contributed by atoms with Gasteiger partial charge in [-0.3, -0.25) is 15.2 Å². The Hall–Kier alpha value is -3.11. The van der Waals surface area contributed by atoms with Gasteiger partial charge in [0, 0.05) is 17.2 Å². The second-order valence-corrected chi connectivity index (χ2v) is 6.69. The zero-order valence-electron chi connectivity index (χ0n) is 13.7. The predicted octanol–water partition coefficient (Wildman–Crippen LogP) is 4.15. The number of hydrogen-bond donors (Lipinski definition) is 2. The average Bonchev–Trinajstić information content (AvgIpc) is 3.23. The molecule has 0 aliphatic heterocycles. The van der Waals surface area contributed by atoms with Gasteiger partial charge in [-0.2, -0.15) is 0 Å². The van der Waals surface area contributed by atoms with Crippen molar-refractivity contribution in [2.45, 2.75) is 12.1 Å². The van der Waals surface area contributed by atoms with Crippen LogP contribution in [-0.4, -0.2) is 31.2 Å². The number of nitro groups is 1. The van der Waals surface area contributed by atoms with Crippen LogP contribution in [0.5, 0.6) is 0 Å². The summed E-state index contributed by atoms with van der Waals surface area (Å²) in [5.41, 5.74) is 0.0228. The van der Waals surface area contributed by atoms with Gasteiger partial charge in [0.2, 0.25) is 5.16 Å². The predicted molar refractivity (Wildman–Crippen MR) is 98.4 cm³/mol. The molecule has 2 N–H and O–H groups in total. The van der Waals surface area contributed by atoms with Gasteiger partial charge in [-0.25, -0.2) is 9.78 Å². The number of nitro benzene ring substituents is 1. The molecule has 2 aromatic heterocycles. The summed E-state index contributed by atoms with van der Waals surface area (Å²) in [7, 11) is 0. The van der Waals surface area contributed by atoms with Crippen molar-refractivity contribution in [2.24, 2.45) is 0 Å². The van der Waals surface area contributed by atoms with E-state index in [2.05, 4.69) is 15.2 Å². The Bertz CT molecular complexity index is 1060. The van der Waals surface area contributed by atoms with Crippen molar-refractivity contribution in [1.82, 2.24) is 15.2 Å². The Morgan fingerprint density at radius 3 is 2.81 bits per heavy atom. The van der Waals surface area contributed by atoms with E-state index in [0.29, 0.717) is 5.82 Å². The van der Waals surface area contributed by atoms with Crippen molar-refractivity contribution in [3.8, 4) is 11.3 Å². The van der Waals surface area contributed by atoms with Crippen molar-refractivity contribution in [2.75, 3.05) is 0 Å². The quantitative estimate of drug-likeness (QED) is 0.269. The first-order valence-corrected chi connectivity index (χ1v) is 8.59. The highest BCUT2D eigenvalue weighted by atomic mass is 35.5. The fourth-order valence-corrected chi connectivity index (χ4v) is 3.07. The van der Waals surface area contributed by atoms with Crippen molar-refractivity contribution in [1.29, 1.82) is 0 Å². The molecule has 27 heavy (non-hydrogen) atoms. The number of aromatic amines is 1. The van der Waals surface area contributed by atoms with Crippen molar-refractivity contribution in [3.63, 3.8) is 0 Å². The number of halogens is 1. The minimum absolute atomic E-state index is 0.0690. The van der Waals surface area contributed by atoms with Crippen LogP contribution in [0.25, 0.3) is 17.4 Å². The van der Waals surface area contributed by atoms with Crippen LogP contribution >= 0.6 is 23.4 Å². The normalized spacial score (nSPS) is 11.6. The van der Waals surface area contributed by atoms with Gasteiger partial charge < -0.3 is 9.52 Å². The number of carboxylic acids is 1. The Labute approximate surface area is 161 Å². The topological polar surface area (TPSA) is 135 Å². The Morgan fingerprint density at radius 2 is 2.19 bits per heavy atom. The summed E-state index contributed by atoms with van der Waals surface area (Å²) in [6.45, 7) is 1.69. The zero-order valence-corrected chi connectivity index (χ0v) is 15.2. The summed E-state index contributed by atoms with van der Waals surface area (Å²) in [6, 6.07) is 7.23. The SMILES string of the molecule is Cc1nc(SC(=Cc2ccc(-c3ccc(Cl)cc3[N+](=O)[O-])o2)C(=O)O)n[nH]1. The van der Waals surface area contributed by atoms with E-state index in [1.54, 1.807) is 6.92 Å². The number of benzene rings is 1. The number of nitrogens with zero attached hydrogens (tertiary/aromatic N) is 3. The van der Waals surface area contributed by atoms with Gasteiger partial charge in [-0.15, -0.1) is 5.10 Å². The number of carboxylic acid groups (broad SMARTS) is 1. The molecule has 0 atom stereocenters. The third-order valence-corrected chi connectivity index (χ3v) is 4.42. The van der Waals surface area contributed by atoms with E-state index in [-0.39, 0.29) is 37.9 Å². The molecular weight excluding hydrogens is 396 g/mol. The summed E-state index contributed by atoms with van der Waals surface area (Å²) in [5.74, 6) is -0.199. The zero-order chi connectivity index (χ0) is 19.6. The van der Waals surface area contributed by atoms with Gasteiger partial charge in [0.05, 0.1) is 10.5 Å². The number of nitrogens with one attached hydrogen (secondary N) is 1. The molecule has 0 saturated carbocycles. The van der Waals surface area contributed by atoms with Crippen molar-refractivity contribution >= 4 is 41.1 Å². The summed E-state index contributed by atoms with van der Waals surface area (Å²) in [5, 5.41) is 27.6. The summed E-state index contributed by atoms with van der Waals surface area (Å²) >= 11 is 6.66. The number of furan rings is 1. The maximum atomic E-state index is 11.5. The third kappa shape index (κ3) is 4.36. The van der Waals surface area contributed by atoms with Gasteiger partial charge in [0.1, 0.15) is 22.3 Å². The van der Waals surface area contributed by atoms with Crippen LogP contribution in [-0.2, 0) is 4.79 Å². The molecule has 0 aliphatic carbocycles. The molecule has 0 fully saturated rings. The van der Waals surface area contributed by atoms with Crippen LogP contribution in [0.4, 0.5) is 5.69 Å². The number of thioether (sulfide) groups is 1. The van der Waals surface area contributed by atoms with E-state index >= 15 is 0 Å². The summed E-state index contributed by atoms with van der Waals surface area (Å²) in [6.07, 6.45) is 1.30. The second kappa shape index (κ2) is 7.64. The highest BCUT2D eigenvalue weighted by Gasteiger charge is 2.19. The van der Waals surface area contributed by atoms with E-state index in [9.17, 15) is 20.0 Å². The lowest BCUT2D eigenvalue weighted by atomic mass is 10.1. The molecule has 3 rings (SSSR count). The van der Waals surface area contributed by atoms with E-state index in [1.807, 2.05) is 0 Å². The minimum atomic E-state index is -1.18. The first-order chi connectivity index (χ1) is 12.8. The number of hydrogen-bond acceptors (Lipinski definition) is 7. The molecule has 0 radical (unpaired) electrons. The van der Waals surface area contributed by atoms with Gasteiger partial charge in [0.25, 0.3) is 5.69 Å². The number of aromatic nitrogens is 3. The molecule has 1 aromatic carbocycles. The highest BCUT2D eigenvalue weighted by molar-refractivity contribution is 8.04. The van der Waals surface area contributed by atoms with Crippen LogP contribution in [0.15, 0.2) is 44.8 Å². The highest BCUT2D eigenvalue weighted by Crippen LogP contribution is 2.34. The number of aryl methyl sites for hydroxylation is 1. The lowest BCUT2D eigenvalue weighted by Crippen LogP contribution is -1.97. The molecule has 0 bridgehead atoms. The number of aliphatic carboxylic acids is 1. The third-order valence-electron chi connectivity index (χ3n) is 3.31. The maximum absolute atomic E-state index is 11.5. The molecule has 9 nitrogen and oxygen atoms in total. The maximum Gasteiger partial charge on any atom is 0.342 e. The van der Waals surface area contributed by atoms with E-state index in [0.717, 1.165) is 11.8 Å². The smallest absolute Gasteiger partial charge is 0.342 e. The van der Waals surface area contributed by atoms with Crippen LogP contribution in [0.2, 0.25) is 5.02 Å². The molecule has 0 unspecified atom stereocenters. The van der Waals surface area contributed by atoms with E-state index in [4.69, 9.17) is 16.0 Å². The number of carbonyl (C=O) groups is 1. The van der Waals surface area contributed by atoms with Crippen molar-refractivity contribution in [3.05, 3.63) is 62.0 Å². The first-order valence-electron chi connectivity index (χ1n) is 7.39. The minimum Gasteiger partial charge on any atom is -0.477 e. The fraction of sp³-hybridized carbons (Fsp3) is 0.0625. The van der Waals surface area contributed by atoms with E-state index < -0.39 is 10.9 Å². The molecule has 138 valence electrons. The van der Waals surface area contributed by atoms with Crippen LogP contribution in [0, 0.1) is 17.0 Å². The molecule has 0 amide bonds. The second-order valence-electron chi connectivity index (χ2n) is 5.24. The monoisotopic (exact) mass is 406 g/mol. The molecule has 11 heteroatoms. The average molecular weight is 407 g/mol. The molecule has 0 saturated heterocycles. The Morgan fingerprint density at radius 1 is 1.41 bits per heavy atom. The van der Waals surface area contributed by atoms with Crippen LogP contribution in [0.1, 0.15) is 11.6 Å². The molecule has 0 aliphatic rings. The molecular formula is C16H11ClN4O5S. The van der Waals surface area contributed by atoms with Crippen LogP contribution in [0.3, 0.4) is 0 Å². The van der Waals surface area contributed by atoms with Gasteiger partial charge in [-0.1, -0.05) is 11.6 Å². The standard InChI is InChI=1S/C16H11ClN4O5S/c1-8-18-16(20-19-8)27-14(15(22)23)7-10-3-5-13(26-10)11-4-2-9(17)6-12(11)21(24)25/h2-7H,1H3,(H,22,23)(H,18,19,20). The number of rotatable bonds is 6.